The van der Waals surface area contributed by atoms with Crippen LogP contribution in [-0.4, -0.2) is 53.2 Å². The van der Waals surface area contributed by atoms with Gasteiger partial charge in [-0.25, -0.2) is 8.42 Å². The van der Waals surface area contributed by atoms with Gasteiger partial charge in [0.05, 0.1) is 18.1 Å². The zero-order chi connectivity index (χ0) is 17.7. The maximum atomic E-state index is 13.1. The lowest BCUT2D eigenvalue weighted by Crippen LogP contribution is -2.37. The SMILES string of the molecule is COCCN(CCOC)S(=O)(=O)c1cc(C(C)(C)C)ccc1C. The van der Waals surface area contributed by atoms with Crippen LogP contribution in [0.5, 0.6) is 0 Å². The summed E-state index contributed by atoms with van der Waals surface area (Å²) in [6.45, 7) is 9.35. The molecule has 0 N–H and O–H groups in total. The summed E-state index contributed by atoms with van der Waals surface area (Å²) >= 11 is 0. The molecule has 0 aliphatic heterocycles. The van der Waals surface area contributed by atoms with E-state index in [1.807, 2.05) is 19.1 Å². The number of ether oxygens (including phenoxy) is 2. The second-order valence-corrected chi connectivity index (χ2v) is 8.53. The molecule has 0 heterocycles. The van der Waals surface area contributed by atoms with Crippen LogP contribution in [0.2, 0.25) is 0 Å². The first-order chi connectivity index (χ1) is 10.6. The molecule has 1 aromatic carbocycles. The first-order valence-corrected chi connectivity index (χ1v) is 9.17. The molecule has 0 bridgehead atoms. The highest BCUT2D eigenvalue weighted by Gasteiger charge is 2.27. The molecule has 5 nitrogen and oxygen atoms in total. The molecule has 0 atom stereocenters. The normalized spacial score (nSPS) is 12.8. The van der Waals surface area contributed by atoms with Crippen LogP contribution in [0.1, 0.15) is 31.9 Å². The zero-order valence-electron chi connectivity index (χ0n) is 15.0. The van der Waals surface area contributed by atoms with Crippen LogP contribution in [0.3, 0.4) is 0 Å². The standard InChI is InChI=1S/C17H29NO4S/c1-14-7-8-15(17(2,3)4)13-16(14)23(19,20)18(9-11-21-5)10-12-22-6/h7-8,13H,9-12H2,1-6H3. The van der Waals surface area contributed by atoms with Crippen molar-refractivity contribution in [3.8, 4) is 0 Å². The largest absolute Gasteiger partial charge is 0.383 e. The van der Waals surface area contributed by atoms with Crippen molar-refractivity contribution in [2.75, 3.05) is 40.5 Å². The van der Waals surface area contributed by atoms with Crippen LogP contribution in [0.25, 0.3) is 0 Å². The summed E-state index contributed by atoms with van der Waals surface area (Å²) in [5, 5.41) is 0. The third-order valence-electron chi connectivity index (χ3n) is 3.76. The summed E-state index contributed by atoms with van der Waals surface area (Å²) < 4.78 is 37.6. The summed E-state index contributed by atoms with van der Waals surface area (Å²) in [6, 6.07) is 5.65. The number of hydrogen-bond acceptors (Lipinski definition) is 4. The molecule has 0 amide bonds. The van der Waals surface area contributed by atoms with Crippen molar-refractivity contribution in [3.05, 3.63) is 29.3 Å². The molecule has 0 fully saturated rings. The predicted molar refractivity (Wildman–Crippen MR) is 92.4 cm³/mol. The number of sulfonamides is 1. The van der Waals surface area contributed by atoms with Gasteiger partial charge in [-0.3, -0.25) is 0 Å². The Labute approximate surface area is 140 Å². The number of methoxy groups -OCH3 is 2. The van der Waals surface area contributed by atoms with E-state index in [9.17, 15) is 8.42 Å². The van der Waals surface area contributed by atoms with E-state index >= 15 is 0 Å². The second kappa shape index (κ2) is 8.24. The summed E-state index contributed by atoms with van der Waals surface area (Å²) in [5.74, 6) is 0. The first kappa shape index (κ1) is 20.1. The van der Waals surface area contributed by atoms with E-state index in [4.69, 9.17) is 9.47 Å². The Morgan fingerprint density at radius 2 is 1.57 bits per heavy atom. The summed E-state index contributed by atoms with van der Waals surface area (Å²) in [6.07, 6.45) is 0. The van der Waals surface area contributed by atoms with Gasteiger partial charge in [0.25, 0.3) is 0 Å². The van der Waals surface area contributed by atoms with Crippen LogP contribution < -0.4 is 0 Å². The Hall–Kier alpha value is -0.950. The molecular formula is C17H29NO4S. The quantitative estimate of drug-likeness (QED) is 0.728. The number of aryl methyl sites for hydroxylation is 1. The number of rotatable bonds is 8. The van der Waals surface area contributed by atoms with Gasteiger partial charge in [-0.15, -0.1) is 0 Å². The van der Waals surface area contributed by atoms with Crippen molar-refractivity contribution in [1.29, 1.82) is 0 Å². The highest BCUT2D eigenvalue weighted by Crippen LogP contribution is 2.28. The van der Waals surface area contributed by atoms with Crippen molar-refractivity contribution >= 4 is 10.0 Å². The van der Waals surface area contributed by atoms with Crippen molar-refractivity contribution in [3.63, 3.8) is 0 Å². The molecule has 0 aromatic heterocycles. The number of hydrogen-bond donors (Lipinski definition) is 0. The van der Waals surface area contributed by atoms with Gasteiger partial charge < -0.3 is 9.47 Å². The molecule has 6 heteroatoms. The van der Waals surface area contributed by atoms with Crippen molar-refractivity contribution in [2.45, 2.75) is 38.0 Å². The summed E-state index contributed by atoms with van der Waals surface area (Å²) in [4.78, 5) is 0.358. The highest BCUT2D eigenvalue weighted by molar-refractivity contribution is 7.89. The van der Waals surface area contributed by atoms with Crippen molar-refractivity contribution < 1.29 is 17.9 Å². The van der Waals surface area contributed by atoms with E-state index in [1.165, 1.54) is 4.31 Å². The minimum Gasteiger partial charge on any atom is -0.383 e. The molecule has 1 aromatic rings. The maximum Gasteiger partial charge on any atom is 0.243 e. The number of benzene rings is 1. The van der Waals surface area contributed by atoms with Crippen LogP contribution >= 0.6 is 0 Å². The molecule has 0 radical (unpaired) electrons. The highest BCUT2D eigenvalue weighted by atomic mass is 32.2. The van der Waals surface area contributed by atoms with Crippen LogP contribution in [-0.2, 0) is 24.9 Å². The molecule has 0 saturated carbocycles. The maximum absolute atomic E-state index is 13.1. The average Bonchev–Trinajstić information content (AvgIpc) is 2.46. The van der Waals surface area contributed by atoms with E-state index in [0.717, 1.165) is 11.1 Å². The third-order valence-corrected chi connectivity index (χ3v) is 5.80. The van der Waals surface area contributed by atoms with E-state index in [0.29, 0.717) is 31.2 Å². The molecule has 132 valence electrons. The number of nitrogens with zero attached hydrogens (tertiary/aromatic N) is 1. The summed E-state index contributed by atoms with van der Waals surface area (Å²) in [7, 11) is -0.461. The van der Waals surface area contributed by atoms with Gasteiger partial charge >= 0.3 is 0 Å². The van der Waals surface area contributed by atoms with E-state index in [-0.39, 0.29) is 5.41 Å². The smallest absolute Gasteiger partial charge is 0.243 e. The molecular weight excluding hydrogens is 314 g/mol. The minimum atomic E-state index is -3.59. The van der Waals surface area contributed by atoms with Gasteiger partial charge in [-0.05, 0) is 29.5 Å². The average molecular weight is 343 g/mol. The van der Waals surface area contributed by atoms with E-state index < -0.39 is 10.0 Å². The Kier molecular flexibility index (Phi) is 7.20. The molecule has 0 aliphatic carbocycles. The zero-order valence-corrected chi connectivity index (χ0v) is 15.9. The van der Waals surface area contributed by atoms with Crippen molar-refractivity contribution in [2.24, 2.45) is 0 Å². The van der Waals surface area contributed by atoms with Gasteiger partial charge in [0, 0.05) is 27.3 Å². The van der Waals surface area contributed by atoms with Gasteiger partial charge in [0.1, 0.15) is 0 Å². The van der Waals surface area contributed by atoms with E-state index in [2.05, 4.69) is 20.8 Å². The molecule has 1 rings (SSSR count). The second-order valence-electron chi connectivity index (χ2n) is 6.62. The molecule has 23 heavy (non-hydrogen) atoms. The van der Waals surface area contributed by atoms with E-state index in [1.54, 1.807) is 20.3 Å². The Morgan fingerprint density at radius 1 is 1.04 bits per heavy atom. The van der Waals surface area contributed by atoms with Crippen LogP contribution in [0.15, 0.2) is 23.1 Å². The topological polar surface area (TPSA) is 55.8 Å². The molecule has 0 unspecified atom stereocenters. The fourth-order valence-corrected chi connectivity index (χ4v) is 3.88. The van der Waals surface area contributed by atoms with Gasteiger partial charge in [-0.2, -0.15) is 4.31 Å². The lowest BCUT2D eigenvalue weighted by molar-refractivity contribution is 0.150. The lowest BCUT2D eigenvalue weighted by Gasteiger charge is -2.25. The van der Waals surface area contributed by atoms with Crippen LogP contribution in [0, 0.1) is 6.92 Å². The Balaban J connectivity index is 3.27. The first-order valence-electron chi connectivity index (χ1n) is 7.73. The lowest BCUT2D eigenvalue weighted by atomic mass is 9.87. The molecule has 0 spiro atoms. The fraction of sp³-hybridized carbons (Fsp3) is 0.647. The minimum absolute atomic E-state index is 0.109. The van der Waals surface area contributed by atoms with Gasteiger partial charge in [0.15, 0.2) is 0 Å². The monoisotopic (exact) mass is 343 g/mol. The molecule has 0 aliphatic rings. The predicted octanol–water partition coefficient (Wildman–Crippen LogP) is 2.58. The fourth-order valence-electron chi connectivity index (χ4n) is 2.22. The summed E-state index contributed by atoms with van der Waals surface area (Å²) in [5.41, 5.74) is 1.64. The van der Waals surface area contributed by atoms with Gasteiger partial charge in [-0.1, -0.05) is 32.9 Å². The van der Waals surface area contributed by atoms with Crippen LogP contribution in [0.4, 0.5) is 0 Å². The van der Waals surface area contributed by atoms with Gasteiger partial charge in [0.2, 0.25) is 10.0 Å². The Morgan fingerprint density at radius 3 is 2.00 bits per heavy atom. The van der Waals surface area contributed by atoms with Crippen molar-refractivity contribution in [1.82, 2.24) is 4.31 Å². The third kappa shape index (κ3) is 5.28. The Bertz CT molecular complexity index is 598. The molecule has 0 saturated heterocycles.